The maximum Gasteiger partial charge on any atom is 0.317 e. The molecule has 156 valence electrons. The molecule has 0 radical (unpaired) electrons. The largest absolute Gasteiger partial charge is 0.383 e. The Morgan fingerprint density at radius 1 is 1.21 bits per heavy atom. The Morgan fingerprint density at radius 3 is 2.66 bits per heavy atom. The monoisotopic (exact) mass is 398 g/mol. The first-order valence-corrected chi connectivity index (χ1v) is 10.1. The van der Waals surface area contributed by atoms with Crippen LogP contribution in [0.1, 0.15) is 29.8 Å². The number of urea groups is 1. The van der Waals surface area contributed by atoms with E-state index in [1.165, 1.54) is 10.5 Å². The van der Waals surface area contributed by atoms with Crippen molar-refractivity contribution >= 4 is 11.9 Å². The number of ether oxygens (including phenoxy) is 1. The van der Waals surface area contributed by atoms with Crippen molar-refractivity contribution in [2.75, 3.05) is 39.9 Å². The minimum Gasteiger partial charge on any atom is -0.383 e. The van der Waals surface area contributed by atoms with E-state index >= 15 is 0 Å². The number of hydrogen-bond acceptors (Lipinski definition) is 3. The average molecular weight is 399 g/mol. The van der Waals surface area contributed by atoms with Crippen molar-refractivity contribution in [1.29, 1.82) is 0 Å². The maximum atomic E-state index is 13.3. The van der Waals surface area contributed by atoms with E-state index in [0.29, 0.717) is 26.2 Å². The molecule has 3 rings (SSSR count). The van der Waals surface area contributed by atoms with Crippen LogP contribution in [0.4, 0.5) is 4.79 Å². The molecule has 0 saturated heterocycles. The molecule has 29 heavy (non-hydrogen) atoms. The molecule has 1 aromatic carbocycles. The second-order valence-electron chi connectivity index (χ2n) is 7.28. The van der Waals surface area contributed by atoms with Gasteiger partial charge in [0.25, 0.3) is 0 Å². The van der Waals surface area contributed by atoms with Crippen molar-refractivity contribution in [3.8, 4) is 0 Å². The van der Waals surface area contributed by atoms with E-state index < -0.39 is 0 Å². The van der Waals surface area contributed by atoms with Crippen LogP contribution < -0.4 is 5.32 Å². The third kappa shape index (κ3) is 4.79. The number of amides is 3. The maximum absolute atomic E-state index is 13.3. The highest BCUT2D eigenvalue weighted by molar-refractivity contribution is 5.84. The molecular weight excluding hydrogens is 368 g/mol. The summed E-state index contributed by atoms with van der Waals surface area (Å²) < 4.78 is 7.31. The lowest BCUT2D eigenvalue weighted by Crippen LogP contribution is -2.50. The summed E-state index contributed by atoms with van der Waals surface area (Å²) in [5.41, 5.74) is 3.35. The number of methoxy groups -OCH3 is 1. The number of nitrogens with zero attached hydrogens (tertiary/aromatic N) is 3. The SMILES string of the molecule is CCNC(=O)N(CCOC)CC(=O)N1CCn2cccc2C1c1ccc(C)cc1. The third-order valence-corrected chi connectivity index (χ3v) is 5.26. The van der Waals surface area contributed by atoms with Gasteiger partial charge in [0, 0.05) is 45.2 Å². The molecule has 1 N–H and O–H groups in total. The summed E-state index contributed by atoms with van der Waals surface area (Å²) in [5.74, 6) is -0.0645. The summed E-state index contributed by atoms with van der Waals surface area (Å²) in [4.78, 5) is 29.1. The van der Waals surface area contributed by atoms with E-state index in [2.05, 4.69) is 53.3 Å². The van der Waals surface area contributed by atoms with Gasteiger partial charge in [0.2, 0.25) is 5.91 Å². The van der Waals surface area contributed by atoms with Crippen molar-refractivity contribution in [1.82, 2.24) is 19.7 Å². The number of carbonyl (C=O) groups is 2. The van der Waals surface area contributed by atoms with Crippen LogP contribution in [0.25, 0.3) is 0 Å². The smallest absolute Gasteiger partial charge is 0.317 e. The van der Waals surface area contributed by atoms with E-state index in [4.69, 9.17) is 4.74 Å². The van der Waals surface area contributed by atoms with Crippen molar-refractivity contribution in [3.05, 3.63) is 59.4 Å². The summed E-state index contributed by atoms with van der Waals surface area (Å²) in [6.07, 6.45) is 2.05. The third-order valence-electron chi connectivity index (χ3n) is 5.26. The Morgan fingerprint density at radius 2 is 1.97 bits per heavy atom. The van der Waals surface area contributed by atoms with E-state index in [-0.39, 0.29) is 24.5 Å². The molecule has 2 aromatic rings. The van der Waals surface area contributed by atoms with E-state index in [0.717, 1.165) is 17.8 Å². The summed E-state index contributed by atoms with van der Waals surface area (Å²) in [6.45, 7) is 6.55. The first kappa shape index (κ1) is 20.9. The summed E-state index contributed by atoms with van der Waals surface area (Å²) in [5, 5.41) is 2.78. The fraction of sp³-hybridized carbons (Fsp3) is 0.455. The molecule has 0 aliphatic carbocycles. The number of benzene rings is 1. The molecule has 1 atom stereocenters. The molecular formula is C22H30N4O3. The van der Waals surface area contributed by atoms with Crippen LogP contribution >= 0.6 is 0 Å². The molecule has 7 nitrogen and oxygen atoms in total. The lowest BCUT2D eigenvalue weighted by Gasteiger charge is -2.38. The molecule has 2 heterocycles. The zero-order chi connectivity index (χ0) is 20.8. The van der Waals surface area contributed by atoms with Crippen molar-refractivity contribution in [2.45, 2.75) is 26.4 Å². The Kier molecular flexibility index (Phi) is 6.93. The Balaban J connectivity index is 1.85. The van der Waals surface area contributed by atoms with E-state index in [1.54, 1.807) is 7.11 Å². The van der Waals surface area contributed by atoms with Gasteiger partial charge >= 0.3 is 6.03 Å². The number of fused-ring (bicyclic) bond motifs is 1. The molecule has 1 aliphatic heterocycles. The zero-order valence-electron chi connectivity index (χ0n) is 17.4. The first-order chi connectivity index (χ1) is 14.0. The number of rotatable bonds is 7. The molecule has 1 aromatic heterocycles. The van der Waals surface area contributed by atoms with Gasteiger partial charge in [-0.2, -0.15) is 0 Å². The van der Waals surface area contributed by atoms with Gasteiger partial charge in [-0.3, -0.25) is 4.79 Å². The number of aryl methyl sites for hydroxylation is 1. The quantitative estimate of drug-likeness (QED) is 0.779. The highest BCUT2D eigenvalue weighted by atomic mass is 16.5. The molecule has 1 aliphatic rings. The molecule has 1 unspecified atom stereocenters. The van der Waals surface area contributed by atoms with Gasteiger partial charge in [0.05, 0.1) is 12.6 Å². The van der Waals surface area contributed by atoms with Crippen LogP contribution in [0.2, 0.25) is 0 Å². The normalized spacial score (nSPS) is 15.7. The molecule has 0 spiro atoms. The minimum absolute atomic E-state index is 0.0261. The second kappa shape index (κ2) is 9.60. The number of carbonyl (C=O) groups excluding carboxylic acids is 2. The summed E-state index contributed by atoms with van der Waals surface area (Å²) in [6, 6.07) is 12.0. The molecule has 0 bridgehead atoms. The van der Waals surface area contributed by atoms with Crippen molar-refractivity contribution in [2.24, 2.45) is 0 Å². The number of hydrogen-bond donors (Lipinski definition) is 1. The summed E-state index contributed by atoms with van der Waals surface area (Å²) in [7, 11) is 1.59. The fourth-order valence-electron chi connectivity index (χ4n) is 3.72. The van der Waals surface area contributed by atoms with Gasteiger partial charge < -0.3 is 24.4 Å². The number of nitrogens with one attached hydrogen (secondary N) is 1. The van der Waals surface area contributed by atoms with E-state index in [1.807, 2.05) is 17.9 Å². The first-order valence-electron chi connectivity index (χ1n) is 10.1. The van der Waals surface area contributed by atoms with Crippen molar-refractivity contribution in [3.63, 3.8) is 0 Å². The van der Waals surface area contributed by atoms with E-state index in [9.17, 15) is 9.59 Å². The Bertz CT molecular complexity index is 831. The van der Waals surface area contributed by atoms with Gasteiger partial charge in [-0.15, -0.1) is 0 Å². The highest BCUT2D eigenvalue weighted by Crippen LogP contribution is 2.32. The van der Waals surface area contributed by atoms with Gasteiger partial charge in [0.1, 0.15) is 6.54 Å². The van der Waals surface area contributed by atoms with Gasteiger partial charge in [0.15, 0.2) is 0 Å². The predicted molar refractivity (Wildman–Crippen MR) is 112 cm³/mol. The van der Waals surface area contributed by atoms with Gasteiger partial charge in [-0.25, -0.2) is 4.79 Å². The lowest BCUT2D eigenvalue weighted by atomic mass is 9.98. The standard InChI is InChI=1S/C22H30N4O3/c1-4-23-22(28)25(14-15-29-3)16-20(27)26-13-12-24-11-5-6-19(24)21(26)18-9-7-17(2)8-10-18/h5-11,21H,4,12-16H2,1-3H3,(H,23,28). The fourth-order valence-corrected chi connectivity index (χ4v) is 3.72. The van der Waals surface area contributed by atoms with Crippen LogP contribution in [0, 0.1) is 6.92 Å². The topological polar surface area (TPSA) is 66.8 Å². The van der Waals surface area contributed by atoms with Crippen LogP contribution in [0.5, 0.6) is 0 Å². The number of aromatic nitrogens is 1. The average Bonchev–Trinajstić information content (AvgIpc) is 3.20. The zero-order valence-corrected chi connectivity index (χ0v) is 17.4. The van der Waals surface area contributed by atoms with Crippen LogP contribution in [0.15, 0.2) is 42.6 Å². The second-order valence-corrected chi connectivity index (χ2v) is 7.28. The molecule has 0 fully saturated rings. The Hall–Kier alpha value is -2.80. The lowest BCUT2D eigenvalue weighted by molar-refractivity contribution is -0.134. The molecule has 3 amide bonds. The minimum atomic E-state index is -0.245. The highest BCUT2D eigenvalue weighted by Gasteiger charge is 2.33. The van der Waals surface area contributed by atoms with Crippen LogP contribution in [-0.4, -0.2) is 66.2 Å². The Labute approximate surface area is 172 Å². The van der Waals surface area contributed by atoms with Gasteiger partial charge in [-0.05, 0) is 31.5 Å². The summed E-state index contributed by atoms with van der Waals surface area (Å²) >= 11 is 0. The van der Waals surface area contributed by atoms with Gasteiger partial charge in [-0.1, -0.05) is 29.8 Å². The molecule has 0 saturated carbocycles. The van der Waals surface area contributed by atoms with Crippen LogP contribution in [0.3, 0.4) is 0 Å². The van der Waals surface area contributed by atoms with Crippen LogP contribution in [-0.2, 0) is 16.1 Å². The predicted octanol–water partition coefficient (Wildman–Crippen LogP) is 2.41. The van der Waals surface area contributed by atoms with Crippen molar-refractivity contribution < 1.29 is 14.3 Å². The molecule has 7 heteroatoms.